The second kappa shape index (κ2) is 5.16. The third kappa shape index (κ3) is 2.44. The van der Waals surface area contributed by atoms with Crippen molar-refractivity contribution in [3.63, 3.8) is 0 Å². The summed E-state index contributed by atoms with van der Waals surface area (Å²) < 4.78 is 0. The summed E-state index contributed by atoms with van der Waals surface area (Å²) in [6.07, 6.45) is 4.12. The van der Waals surface area contributed by atoms with Crippen molar-refractivity contribution in [3.8, 4) is 0 Å². The first kappa shape index (κ1) is 11.2. The molecule has 1 aromatic rings. The van der Waals surface area contributed by atoms with Gasteiger partial charge in [0.1, 0.15) is 5.69 Å². The van der Waals surface area contributed by atoms with Crippen LogP contribution in [0.1, 0.15) is 23.3 Å². The predicted octanol–water partition coefficient (Wildman–Crippen LogP) is 1.09. The number of hydrogen-bond donors (Lipinski definition) is 2. The van der Waals surface area contributed by atoms with Gasteiger partial charge in [-0.05, 0) is 44.5 Å². The Morgan fingerprint density at radius 1 is 1.69 bits per heavy atom. The Hall–Kier alpha value is -1.29. The molecule has 4 nitrogen and oxygen atoms in total. The summed E-state index contributed by atoms with van der Waals surface area (Å²) in [6.45, 7) is 2.76. The van der Waals surface area contributed by atoms with Crippen molar-refractivity contribution in [3.05, 3.63) is 24.0 Å². The number of carbonyl (C=O) groups excluding carboxylic acids is 1. The van der Waals surface area contributed by atoms with E-state index in [9.17, 15) is 4.79 Å². The number of nitrogens with one attached hydrogen (secondary N) is 2. The lowest BCUT2D eigenvalue weighted by Crippen LogP contribution is -2.42. The lowest BCUT2D eigenvalue weighted by molar-refractivity contribution is 0.0669. The van der Waals surface area contributed by atoms with E-state index in [-0.39, 0.29) is 5.91 Å². The molecule has 0 bridgehead atoms. The maximum Gasteiger partial charge on any atom is 0.270 e. The van der Waals surface area contributed by atoms with Gasteiger partial charge in [0.05, 0.1) is 0 Å². The van der Waals surface area contributed by atoms with Crippen LogP contribution in [0.4, 0.5) is 0 Å². The monoisotopic (exact) mass is 221 g/mol. The molecule has 88 valence electrons. The van der Waals surface area contributed by atoms with Crippen LogP contribution >= 0.6 is 0 Å². The Morgan fingerprint density at radius 3 is 3.25 bits per heavy atom. The van der Waals surface area contributed by atoms with Crippen LogP contribution in [0.5, 0.6) is 0 Å². The second-order valence-electron chi connectivity index (χ2n) is 4.40. The molecule has 1 aliphatic heterocycles. The Balaban J connectivity index is 1.96. The number of hydrogen-bond acceptors (Lipinski definition) is 2. The van der Waals surface area contributed by atoms with Crippen LogP contribution in [-0.2, 0) is 0 Å². The number of likely N-dealkylation sites (tertiary alicyclic amines) is 1. The molecule has 0 spiro atoms. The Kier molecular flexibility index (Phi) is 3.62. The van der Waals surface area contributed by atoms with Gasteiger partial charge >= 0.3 is 0 Å². The fourth-order valence-corrected chi connectivity index (χ4v) is 2.34. The molecule has 1 unspecified atom stereocenters. The van der Waals surface area contributed by atoms with Crippen LogP contribution in [0, 0.1) is 5.92 Å². The minimum absolute atomic E-state index is 0.130. The summed E-state index contributed by atoms with van der Waals surface area (Å²) in [4.78, 5) is 17.0. The van der Waals surface area contributed by atoms with Crippen molar-refractivity contribution in [2.45, 2.75) is 12.8 Å². The molecule has 0 aromatic carbocycles. The summed E-state index contributed by atoms with van der Waals surface area (Å²) in [7, 11) is 1.96. The maximum atomic E-state index is 12.1. The van der Waals surface area contributed by atoms with Crippen LogP contribution in [0.25, 0.3) is 0 Å². The number of amides is 1. The van der Waals surface area contributed by atoms with Crippen LogP contribution < -0.4 is 5.32 Å². The predicted molar refractivity (Wildman–Crippen MR) is 63.3 cm³/mol. The molecule has 16 heavy (non-hydrogen) atoms. The van der Waals surface area contributed by atoms with Crippen molar-refractivity contribution in [1.29, 1.82) is 0 Å². The molecule has 1 amide bonds. The first-order valence-corrected chi connectivity index (χ1v) is 5.88. The zero-order valence-corrected chi connectivity index (χ0v) is 9.70. The molecule has 1 aliphatic rings. The van der Waals surface area contributed by atoms with Crippen molar-refractivity contribution >= 4 is 5.91 Å². The van der Waals surface area contributed by atoms with Crippen molar-refractivity contribution in [2.24, 2.45) is 5.92 Å². The number of H-pyrrole nitrogens is 1. The van der Waals surface area contributed by atoms with Gasteiger partial charge < -0.3 is 15.2 Å². The van der Waals surface area contributed by atoms with Crippen molar-refractivity contribution in [1.82, 2.24) is 15.2 Å². The molecule has 4 heteroatoms. The fourth-order valence-electron chi connectivity index (χ4n) is 2.34. The number of rotatable bonds is 3. The number of carbonyl (C=O) groups is 1. The first-order valence-electron chi connectivity index (χ1n) is 5.88. The van der Waals surface area contributed by atoms with E-state index in [4.69, 9.17) is 0 Å². The van der Waals surface area contributed by atoms with Gasteiger partial charge in [0.25, 0.3) is 5.91 Å². The van der Waals surface area contributed by atoms with Gasteiger partial charge in [-0.2, -0.15) is 0 Å². The minimum Gasteiger partial charge on any atom is -0.357 e. The van der Waals surface area contributed by atoms with Crippen molar-refractivity contribution in [2.75, 3.05) is 26.7 Å². The number of aromatic amines is 1. The normalized spacial score (nSPS) is 21.1. The number of aromatic nitrogens is 1. The molecule has 1 saturated heterocycles. The van der Waals surface area contributed by atoms with Gasteiger partial charge in [0, 0.05) is 19.3 Å². The largest absolute Gasteiger partial charge is 0.357 e. The summed E-state index contributed by atoms with van der Waals surface area (Å²) >= 11 is 0. The SMILES string of the molecule is CNCC1CCCN(C(=O)c2ccc[nH]2)C1. The van der Waals surface area contributed by atoms with Crippen LogP contribution in [0.3, 0.4) is 0 Å². The highest BCUT2D eigenvalue weighted by Crippen LogP contribution is 2.17. The van der Waals surface area contributed by atoms with Crippen LogP contribution in [0.15, 0.2) is 18.3 Å². The quantitative estimate of drug-likeness (QED) is 0.802. The summed E-state index contributed by atoms with van der Waals surface area (Å²) in [6, 6.07) is 3.70. The molecule has 2 rings (SSSR count). The average Bonchev–Trinajstić information content (AvgIpc) is 2.82. The van der Waals surface area contributed by atoms with E-state index in [0.717, 1.165) is 26.1 Å². The maximum absolute atomic E-state index is 12.1. The lowest BCUT2D eigenvalue weighted by atomic mass is 9.98. The molecular weight excluding hydrogens is 202 g/mol. The lowest BCUT2D eigenvalue weighted by Gasteiger charge is -2.32. The molecule has 0 saturated carbocycles. The summed E-state index contributed by atoms with van der Waals surface area (Å²) in [5.41, 5.74) is 0.699. The Morgan fingerprint density at radius 2 is 2.56 bits per heavy atom. The molecule has 1 aromatic heterocycles. The minimum atomic E-state index is 0.130. The van der Waals surface area contributed by atoms with Crippen molar-refractivity contribution < 1.29 is 4.79 Å². The highest BCUT2D eigenvalue weighted by molar-refractivity contribution is 5.92. The first-order chi connectivity index (χ1) is 7.81. The number of piperidine rings is 1. The molecular formula is C12H19N3O. The van der Waals surface area contributed by atoms with Gasteiger partial charge in [0.2, 0.25) is 0 Å². The van der Waals surface area contributed by atoms with E-state index < -0.39 is 0 Å². The zero-order chi connectivity index (χ0) is 11.4. The summed E-state index contributed by atoms with van der Waals surface area (Å²) in [5, 5.41) is 3.19. The Labute approximate surface area is 96.0 Å². The topological polar surface area (TPSA) is 48.1 Å². The molecule has 0 aliphatic carbocycles. The van der Waals surface area contributed by atoms with E-state index in [1.54, 1.807) is 6.20 Å². The van der Waals surface area contributed by atoms with Crippen LogP contribution in [-0.4, -0.2) is 42.5 Å². The van der Waals surface area contributed by atoms with E-state index in [0.29, 0.717) is 11.6 Å². The van der Waals surface area contributed by atoms with E-state index >= 15 is 0 Å². The highest BCUT2D eigenvalue weighted by atomic mass is 16.2. The Bertz CT molecular complexity index is 332. The van der Waals surface area contributed by atoms with Gasteiger partial charge in [-0.3, -0.25) is 4.79 Å². The third-order valence-electron chi connectivity index (χ3n) is 3.13. The molecule has 2 heterocycles. The van der Waals surface area contributed by atoms with Gasteiger partial charge in [-0.1, -0.05) is 0 Å². The molecule has 2 N–H and O–H groups in total. The summed E-state index contributed by atoms with van der Waals surface area (Å²) in [5.74, 6) is 0.725. The molecule has 1 atom stereocenters. The fraction of sp³-hybridized carbons (Fsp3) is 0.583. The second-order valence-corrected chi connectivity index (χ2v) is 4.40. The zero-order valence-electron chi connectivity index (χ0n) is 9.70. The van der Waals surface area contributed by atoms with Gasteiger partial charge in [-0.25, -0.2) is 0 Å². The standard InChI is InChI=1S/C12H19N3O/c1-13-8-10-4-3-7-15(9-10)12(16)11-5-2-6-14-11/h2,5-6,10,13-14H,3-4,7-9H2,1H3. The smallest absolute Gasteiger partial charge is 0.270 e. The average molecular weight is 221 g/mol. The van der Waals surface area contributed by atoms with E-state index in [2.05, 4.69) is 10.3 Å². The molecule has 1 fully saturated rings. The highest BCUT2D eigenvalue weighted by Gasteiger charge is 2.24. The van der Waals surface area contributed by atoms with Crippen LogP contribution in [0.2, 0.25) is 0 Å². The van der Waals surface area contributed by atoms with Gasteiger partial charge in [0.15, 0.2) is 0 Å². The third-order valence-corrected chi connectivity index (χ3v) is 3.13. The molecule has 0 radical (unpaired) electrons. The van der Waals surface area contributed by atoms with Gasteiger partial charge in [-0.15, -0.1) is 0 Å². The van der Waals surface area contributed by atoms with E-state index in [1.165, 1.54) is 6.42 Å². The number of nitrogens with zero attached hydrogens (tertiary/aromatic N) is 1. The van der Waals surface area contributed by atoms with E-state index in [1.807, 2.05) is 24.1 Å².